The zero-order valence-corrected chi connectivity index (χ0v) is 17.3. The van der Waals surface area contributed by atoms with Gasteiger partial charge in [0.15, 0.2) is 0 Å². The highest BCUT2D eigenvalue weighted by Crippen LogP contribution is 2.24. The van der Waals surface area contributed by atoms with Crippen molar-refractivity contribution < 1.29 is 4.79 Å². The topological polar surface area (TPSA) is 67.8 Å². The number of amides is 1. The molecular formula is C18H20N4OS3. The second-order valence-electron chi connectivity index (χ2n) is 6.22. The van der Waals surface area contributed by atoms with Crippen molar-refractivity contribution in [3.8, 4) is 0 Å². The Bertz CT molecular complexity index is 871. The Morgan fingerprint density at radius 2 is 2.00 bits per heavy atom. The van der Waals surface area contributed by atoms with E-state index < -0.39 is 0 Å². The number of hydrogen-bond donors (Lipinski definition) is 1. The quantitative estimate of drug-likeness (QED) is 0.558. The van der Waals surface area contributed by atoms with Gasteiger partial charge >= 0.3 is 0 Å². The first-order valence-corrected chi connectivity index (χ1v) is 11.0. The van der Waals surface area contributed by atoms with Crippen molar-refractivity contribution >= 4 is 45.5 Å². The summed E-state index contributed by atoms with van der Waals surface area (Å²) in [6.45, 7) is 6.28. The van der Waals surface area contributed by atoms with Crippen LogP contribution in [-0.2, 0) is 12.2 Å². The first-order valence-electron chi connectivity index (χ1n) is 8.27. The number of anilines is 1. The summed E-state index contributed by atoms with van der Waals surface area (Å²) in [7, 11) is 0. The molecule has 0 aliphatic heterocycles. The van der Waals surface area contributed by atoms with Gasteiger partial charge in [0.05, 0.1) is 10.7 Å². The molecular weight excluding hydrogens is 384 g/mol. The molecule has 26 heavy (non-hydrogen) atoms. The van der Waals surface area contributed by atoms with Gasteiger partial charge in [-0.3, -0.25) is 10.1 Å². The minimum atomic E-state index is -0.163. The molecule has 1 amide bonds. The van der Waals surface area contributed by atoms with Crippen LogP contribution < -0.4 is 5.32 Å². The van der Waals surface area contributed by atoms with Gasteiger partial charge in [0.2, 0.25) is 5.13 Å². The van der Waals surface area contributed by atoms with Crippen molar-refractivity contribution in [2.24, 2.45) is 5.92 Å². The minimum Gasteiger partial charge on any atom is -0.296 e. The molecule has 136 valence electrons. The highest BCUT2D eigenvalue weighted by Gasteiger charge is 2.11. The summed E-state index contributed by atoms with van der Waals surface area (Å²) in [5.41, 5.74) is 1.70. The maximum absolute atomic E-state index is 12.4. The highest BCUT2D eigenvalue weighted by atomic mass is 32.2. The fourth-order valence-corrected chi connectivity index (χ4v) is 4.70. The van der Waals surface area contributed by atoms with Gasteiger partial charge in [0, 0.05) is 28.0 Å². The van der Waals surface area contributed by atoms with Crippen LogP contribution in [0.5, 0.6) is 0 Å². The van der Waals surface area contributed by atoms with E-state index in [9.17, 15) is 4.79 Å². The zero-order valence-electron chi connectivity index (χ0n) is 14.9. The summed E-state index contributed by atoms with van der Waals surface area (Å²) in [6, 6.07) is 7.59. The van der Waals surface area contributed by atoms with Gasteiger partial charge in [0.25, 0.3) is 5.91 Å². The molecule has 5 nitrogen and oxygen atoms in total. The second-order valence-corrected chi connectivity index (χ2v) is 9.40. The Balaban J connectivity index is 1.55. The predicted molar refractivity (Wildman–Crippen MR) is 109 cm³/mol. The molecule has 0 spiro atoms. The van der Waals surface area contributed by atoms with E-state index in [0.29, 0.717) is 16.6 Å². The van der Waals surface area contributed by atoms with Crippen molar-refractivity contribution in [1.82, 2.24) is 15.2 Å². The van der Waals surface area contributed by atoms with E-state index in [1.165, 1.54) is 11.3 Å². The lowest BCUT2D eigenvalue weighted by molar-refractivity contribution is 0.102. The Morgan fingerprint density at radius 3 is 2.65 bits per heavy atom. The summed E-state index contributed by atoms with van der Waals surface area (Å²) < 4.78 is 0. The van der Waals surface area contributed by atoms with E-state index in [2.05, 4.69) is 39.7 Å². The van der Waals surface area contributed by atoms with Gasteiger partial charge in [-0.05, 0) is 37.1 Å². The Kier molecular flexibility index (Phi) is 6.39. The third kappa shape index (κ3) is 5.36. The molecule has 2 heterocycles. The van der Waals surface area contributed by atoms with Crippen molar-refractivity contribution in [1.29, 1.82) is 0 Å². The number of rotatable bonds is 7. The molecule has 0 aliphatic rings. The van der Waals surface area contributed by atoms with Crippen LogP contribution >= 0.6 is 34.4 Å². The van der Waals surface area contributed by atoms with Crippen LogP contribution in [0.4, 0.5) is 5.13 Å². The molecule has 0 atom stereocenters. The summed E-state index contributed by atoms with van der Waals surface area (Å²) in [5, 5.41) is 15.6. The van der Waals surface area contributed by atoms with Crippen molar-refractivity contribution in [3.05, 3.63) is 50.9 Å². The summed E-state index contributed by atoms with van der Waals surface area (Å²) >= 11 is 4.81. The molecule has 1 aromatic carbocycles. The number of thiazole rings is 1. The normalized spacial score (nSPS) is 11.1. The predicted octanol–water partition coefficient (Wildman–Crippen LogP) is 5.05. The summed E-state index contributed by atoms with van der Waals surface area (Å²) in [4.78, 5) is 17.9. The largest absolute Gasteiger partial charge is 0.296 e. The van der Waals surface area contributed by atoms with Gasteiger partial charge in [-0.15, -0.1) is 33.3 Å². The van der Waals surface area contributed by atoms with Crippen LogP contribution in [0.15, 0.2) is 34.5 Å². The van der Waals surface area contributed by atoms with E-state index in [-0.39, 0.29) is 5.91 Å². The van der Waals surface area contributed by atoms with Crippen LogP contribution in [0.3, 0.4) is 0 Å². The van der Waals surface area contributed by atoms with E-state index in [1.54, 1.807) is 23.1 Å². The lowest BCUT2D eigenvalue weighted by Crippen LogP contribution is -2.11. The molecule has 0 fully saturated rings. The average molecular weight is 405 g/mol. The monoisotopic (exact) mass is 404 g/mol. The molecule has 3 aromatic rings. The zero-order chi connectivity index (χ0) is 18.5. The molecule has 0 aliphatic carbocycles. The number of aromatic nitrogens is 3. The van der Waals surface area contributed by atoms with Gasteiger partial charge in [0.1, 0.15) is 5.01 Å². The van der Waals surface area contributed by atoms with Crippen LogP contribution in [0, 0.1) is 12.8 Å². The van der Waals surface area contributed by atoms with E-state index in [1.807, 2.05) is 31.2 Å². The summed E-state index contributed by atoms with van der Waals surface area (Å²) in [6.07, 6.45) is 0.873. The Hall–Kier alpha value is -1.77. The number of aryl methyl sites for hydroxylation is 1. The van der Waals surface area contributed by atoms with Crippen molar-refractivity contribution in [2.75, 3.05) is 5.32 Å². The molecule has 0 radical (unpaired) electrons. The van der Waals surface area contributed by atoms with Gasteiger partial charge in [-0.2, -0.15) is 0 Å². The van der Waals surface area contributed by atoms with Crippen molar-refractivity contribution in [2.45, 2.75) is 37.8 Å². The third-order valence-corrected chi connectivity index (χ3v) is 6.17. The number of carbonyl (C=O) groups is 1. The number of nitrogens with zero attached hydrogens (tertiary/aromatic N) is 3. The van der Waals surface area contributed by atoms with Gasteiger partial charge in [-0.1, -0.05) is 25.2 Å². The summed E-state index contributed by atoms with van der Waals surface area (Å²) in [5.74, 6) is 1.19. The van der Waals surface area contributed by atoms with Crippen molar-refractivity contribution in [3.63, 3.8) is 0 Å². The third-order valence-electron chi connectivity index (χ3n) is 3.44. The maximum atomic E-state index is 12.4. The molecule has 3 rings (SSSR count). The fourth-order valence-electron chi connectivity index (χ4n) is 2.24. The van der Waals surface area contributed by atoms with Crippen LogP contribution in [-0.4, -0.2) is 21.1 Å². The SMILES string of the molecule is Cc1nc(CSc2ccc(C(=O)Nc3nnc(CC(C)C)s3)cc2)cs1. The number of nitrogens with one attached hydrogen (secondary N) is 1. The molecule has 0 saturated heterocycles. The molecule has 2 aromatic heterocycles. The second kappa shape index (κ2) is 8.75. The smallest absolute Gasteiger partial charge is 0.257 e. The van der Waals surface area contributed by atoms with Gasteiger partial charge in [-0.25, -0.2) is 4.98 Å². The first kappa shape index (κ1) is 19.0. The number of thioether (sulfide) groups is 1. The molecule has 0 saturated carbocycles. The number of carbonyl (C=O) groups excluding carboxylic acids is 1. The molecule has 0 unspecified atom stereocenters. The van der Waals surface area contributed by atoms with Crippen LogP contribution in [0.1, 0.15) is 39.9 Å². The van der Waals surface area contributed by atoms with E-state index >= 15 is 0 Å². The standard InChI is InChI=1S/C18H20N4OS3/c1-11(2)8-16-21-22-18(26-16)20-17(23)13-4-6-15(7-5-13)25-10-14-9-24-12(3)19-14/h4-7,9,11H,8,10H2,1-3H3,(H,20,22,23). The van der Waals surface area contributed by atoms with E-state index in [0.717, 1.165) is 32.8 Å². The fraction of sp³-hybridized carbons (Fsp3) is 0.333. The number of benzene rings is 1. The Labute approximate surface area is 165 Å². The average Bonchev–Trinajstić information content (AvgIpc) is 3.21. The number of hydrogen-bond acceptors (Lipinski definition) is 7. The Morgan fingerprint density at radius 1 is 1.23 bits per heavy atom. The molecule has 1 N–H and O–H groups in total. The van der Waals surface area contributed by atoms with Crippen LogP contribution in [0.25, 0.3) is 0 Å². The maximum Gasteiger partial charge on any atom is 0.257 e. The molecule has 0 bridgehead atoms. The van der Waals surface area contributed by atoms with Crippen LogP contribution in [0.2, 0.25) is 0 Å². The minimum absolute atomic E-state index is 0.163. The lowest BCUT2D eigenvalue weighted by atomic mass is 10.1. The van der Waals surface area contributed by atoms with E-state index in [4.69, 9.17) is 0 Å². The molecule has 8 heteroatoms. The lowest BCUT2D eigenvalue weighted by Gasteiger charge is -2.03. The van der Waals surface area contributed by atoms with Gasteiger partial charge < -0.3 is 0 Å². The first-order chi connectivity index (χ1) is 12.5. The highest BCUT2D eigenvalue weighted by molar-refractivity contribution is 7.98.